The Hall–Kier alpha value is -3.26. The summed E-state index contributed by atoms with van der Waals surface area (Å²) >= 11 is 5.85. The molecule has 0 radical (unpaired) electrons. The molecule has 1 fully saturated rings. The summed E-state index contributed by atoms with van der Waals surface area (Å²) in [4.78, 5) is 25.2. The van der Waals surface area contributed by atoms with Gasteiger partial charge in [-0.3, -0.25) is 4.79 Å². The number of nitrogens with zero attached hydrogens (tertiary/aromatic N) is 5. The fourth-order valence-corrected chi connectivity index (χ4v) is 3.92. The van der Waals surface area contributed by atoms with Gasteiger partial charge >= 0.3 is 6.36 Å². The first-order chi connectivity index (χ1) is 16.3. The van der Waals surface area contributed by atoms with E-state index < -0.39 is 38.8 Å². The molecule has 1 amide bonds. The van der Waals surface area contributed by atoms with E-state index in [9.17, 15) is 26.4 Å². The number of hydrogen-bond acceptors (Lipinski definition) is 8. The number of carbonyl (C=O) groups is 1. The van der Waals surface area contributed by atoms with Crippen molar-refractivity contribution in [1.29, 1.82) is 0 Å². The molecule has 186 valence electrons. The van der Waals surface area contributed by atoms with Crippen LogP contribution in [0.1, 0.15) is 53.7 Å². The third-order valence-corrected chi connectivity index (χ3v) is 6.21. The molecule has 2 aromatic heterocycles. The highest BCUT2D eigenvalue weighted by Gasteiger charge is 2.33. The zero-order valence-electron chi connectivity index (χ0n) is 18.2. The third kappa shape index (κ3) is 6.06. The van der Waals surface area contributed by atoms with Gasteiger partial charge in [0.2, 0.25) is 0 Å². The Balaban J connectivity index is 1.65. The molecule has 0 spiro atoms. The van der Waals surface area contributed by atoms with Crippen LogP contribution >= 0.6 is 11.6 Å². The summed E-state index contributed by atoms with van der Waals surface area (Å²) in [6.45, 7) is 1.58. The van der Waals surface area contributed by atoms with Crippen molar-refractivity contribution in [2.24, 2.45) is 0 Å². The number of halogens is 4. The number of sulfone groups is 1. The second kappa shape index (κ2) is 9.07. The van der Waals surface area contributed by atoms with Crippen molar-refractivity contribution in [3.63, 3.8) is 0 Å². The van der Waals surface area contributed by atoms with Crippen LogP contribution in [-0.2, 0) is 9.84 Å². The molecule has 1 aliphatic rings. The number of hydrogen-bond donors (Lipinski definition) is 1. The van der Waals surface area contributed by atoms with Gasteiger partial charge in [-0.05, 0) is 38.0 Å². The first-order valence-electron chi connectivity index (χ1n) is 10.2. The Kier molecular flexibility index (Phi) is 6.44. The van der Waals surface area contributed by atoms with Gasteiger partial charge < -0.3 is 10.1 Å². The Morgan fingerprint density at radius 3 is 2.46 bits per heavy atom. The van der Waals surface area contributed by atoms with Gasteiger partial charge in [-0.15, -0.1) is 18.3 Å². The largest absolute Gasteiger partial charge is 0.573 e. The molecule has 3 aromatic rings. The zero-order chi connectivity index (χ0) is 25.5. The number of nitrogens with one attached hydrogen (secondary N) is 1. The van der Waals surface area contributed by atoms with E-state index in [0.717, 1.165) is 31.2 Å². The van der Waals surface area contributed by atoms with Crippen LogP contribution in [0.3, 0.4) is 0 Å². The summed E-state index contributed by atoms with van der Waals surface area (Å²) in [5, 5.41) is 7.34. The van der Waals surface area contributed by atoms with Gasteiger partial charge in [-0.25, -0.2) is 23.4 Å². The van der Waals surface area contributed by atoms with Gasteiger partial charge in [-0.2, -0.15) is 4.68 Å². The molecular weight excluding hydrogens is 513 g/mol. The number of alkyl halides is 3. The van der Waals surface area contributed by atoms with Crippen molar-refractivity contribution in [3.05, 3.63) is 52.8 Å². The van der Waals surface area contributed by atoms with Crippen LogP contribution < -0.4 is 10.1 Å². The number of carbonyl (C=O) groups excluding carboxylic acids is 1. The van der Waals surface area contributed by atoms with Gasteiger partial charge in [0.15, 0.2) is 21.5 Å². The van der Waals surface area contributed by atoms with Gasteiger partial charge in [0.05, 0.1) is 28.4 Å². The van der Waals surface area contributed by atoms with Crippen molar-refractivity contribution in [2.75, 3.05) is 6.26 Å². The first kappa shape index (κ1) is 24.9. The Morgan fingerprint density at radius 2 is 1.89 bits per heavy atom. The summed E-state index contributed by atoms with van der Waals surface area (Å²) < 4.78 is 67.3. The maximum absolute atomic E-state index is 12.9. The molecular formula is C20H18ClF3N6O4S. The average molecular weight is 531 g/mol. The van der Waals surface area contributed by atoms with Gasteiger partial charge in [0, 0.05) is 17.7 Å². The molecule has 0 unspecified atom stereocenters. The minimum Gasteiger partial charge on any atom is -0.406 e. The molecule has 4 rings (SSSR count). The molecule has 1 atom stereocenters. The van der Waals surface area contributed by atoms with Crippen molar-refractivity contribution >= 4 is 27.3 Å². The molecule has 1 aromatic carbocycles. The van der Waals surface area contributed by atoms with Gasteiger partial charge in [-0.1, -0.05) is 11.6 Å². The van der Waals surface area contributed by atoms with E-state index in [-0.39, 0.29) is 23.3 Å². The summed E-state index contributed by atoms with van der Waals surface area (Å²) in [5.74, 6) is -0.557. The van der Waals surface area contributed by atoms with E-state index in [1.54, 1.807) is 6.92 Å². The number of aromatic nitrogens is 5. The van der Waals surface area contributed by atoms with Crippen molar-refractivity contribution in [2.45, 2.75) is 43.0 Å². The summed E-state index contributed by atoms with van der Waals surface area (Å²) in [5.41, 5.74) is -0.352. The van der Waals surface area contributed by atoms with Crippen LogP contribution in [-0.4, -0.2) is 51.7 Å². The maximum Gasteiger partial charge on any atom is 0.573 e. The lowest BCUT2D eigenvalue weighted by Crippen LogP contribution is -2.29. The van der Waals surface area contributed by atoms with E-state index in [2.05, 4.69) is 30.1 Å². The predicted octanol–water partition coefficient (Wildman–Crippen LogP) is 3.38. The maximum atomic E-state index is 12.9. The first-order valence-corrected chi connectivity index (χ1v) is 12.4. The molecule has 0 bridgehead atoms. The normalized spacial score (nSPS) is 15.0. The minimum absolute atomic E-state index is 0.157. The second-order valence-electron chi connectivity index (χ2n) is 7.92. The van der Waals surface area contributed by atoms with E-state index in [0.29, 0.717) is 16.9 Å². The Labute approximate surface area is 202 Å². The molecule has 2 heterocycles. The summed E-state index contributed by atoms with van der Waals surface area (Å²) in [6, 6.07) is 1.64. The van der Waals surface area contributed by atoms with Crippen molar-refractivity contribution < 1.29 is 31.1 Å². The topological polar surface area (TPSA) is 129 Å². The Bertz CT molecular complexity index is 1370. The lowest BCUT2D eigenvalue weighted by molar-refractivity contribution is -0.274. The fraction of sp³-hybridized carbons (Fsp3) is 0.350. The predicted molar refractivity (Wildman–Crippen MR) is 116 cm³/mol. The second-order valence-corrected chi connectivity index (χ2v) is 10.4. The highest BCUT2D eigenvalue weighted by atomic mass is 35.5. The standard InChI is InChI=1S/C20H18ClF3N6O4S/c1-10(17-28-16(11-3-4-11)29-30(17)19-25-8-13(21)9-26-19)27-18(31)12-5-14(34-20(22,23)24)7-15(6-12)35(2,32)33/h5-11H,3-4H2,1-2H3,(H,27,31)/t10-/m0/s1. The molecule has 35 heavy (non-hydrogen) atoms. The number of benzene rings is 1. The molecule has 10 nitrogen and oxygen atoms in total. The fourth-order valence-electron chi connectivity index (χ4n) is 3.15. The summed E-state index contributed by atoms with van der Waals surface area (Å²) in [7, 11) is -3.94. The van der Waals surface area contributed by atoms with Crippen LogP contribution in [0, 0.1) is 0 Å². The van der Waals surface area contributed by atoms with E-state index in [4.69, 9.17) is 11.6 Å². The van der Waals surface area contributed by atoms with E-state index in [1.807, 2.05) is 0 Å². The van der Waals surface area contributed by atoms with Crippen LogP contribution in [0.5, 0.6) is 5.75 Å². The lowest BCUT2D eigenvalue weighted by atomic mass is 10.2. The monoisotopic (exact) mass is 530 g/mol. The Morgan fingerprint density at radius 1 is 1.23 bits per heavy atom. The summed E-state index contributed by atoms with van der Waals surface area (Å²) in [6.07, 6.45) is 0.282. The van der Waals surface area contributed by atoms with Crippen LogP contribution in [0.15, 0.2) is 35.5 Å². The van der Waals surface area contributed by atoms with Crippen molar-refractivity contribution in [3.8, 4) is 11.7 Å². The van der Waals surface area contributed by atoms with Gasteiger partial charge in [0.1, 0.15) is 5.75 Å². The minimum atomic E-state index is -5.08. The van der Waals surface area contributed by atoms with Crippen LogP contribution in [0.4, 0.5) is 13.2 Å². The van der Waals surface area contributed by atoms with Gasteiger partial charge in [0.25, 0.3) is 11.9 Å². The molecule has 15 heteroatoms. The lowest BCUT2D eigenvalue weighted by Gasteiger charge is -2.15. The molecule has 0 aliphatic heterocycles. The molecule has 0 saturated heterocycles. The molecule has 1 N–H and O–H groups in total. The number of ether oxygens (including phenoxy) is 1. The van der Waals surface area contributed by atoms with E-state index >= 15 is 0 Å². The quantitative estimate of drug-likeness (QED) is 0.492. The van der Waals surface area contributed by atoms with E-state index in [1.165, 1.54) is 17.1 Å². The van der Waals surface area contributed by atoms with Crippen LogP contribution in [0.25, 0.3) is 5.95 Å². The van der Waals surface area contributed by atoms with Crippen LogP contribution in [0.2, 0.25) is 5.02 Å². The highest BCUT2D eigenvalue weighted by Crippen LogP contribution is 2.38. The SMILES string of the molecule is C[C@H](NC(=O)c1cc(OC(F)(F)F)cc(S(C)(=O)=O)c1)c1nc(C2CC2)nn1-c1ncc(Cl)cn1. The number of amides is 1. The highest BCUT2D eigenvalue weighted by molar-refractivity contribution is 7.90. The van der Waals surface area contributed by atoms with Crippen molar-refractivity contribution in [1.82, 2.24) is 30.0 Å². The number of rotatable bonds is 7. The smallest absolute Gasteiger partial charge is 0.406 e. The molecule has 1 aliphatic carbocycles. The average Bonchev–Trinajstić information content (AvgIpc) is 3.50. The molecule has 1 saturated carbocycles. The third-order valence-electron chi connectivity index (χ3n) is 4.93. The zero-order valence-corrected chi connectivity index (χ0v) is 19.8.